The van der Waals surface area contributed by atoms with E-state index < -0.39 is 11.7 Å². The normalized spacial score (nSPS) is 14.9. The summed E-state index contributed by atoms with van der Waals surface area (Å²) in [5.41, 5.74) is 2.65. The number of nitrogens with zero attached hydrogens (tertiary/aromatic N) is 3. The molecule has 1 fully saturated rings. The van der Waals surface area contributed by atoms with E-state index in [2.05, 4.69) is 35.0 Å². The van der Waals surface area contributed by atoms with Gasteiger partial charge in [-0.3, -0.25) is 4.79 Å². The van der Waals surface area contributed by atoms with Gasteiger partial charge in [0.2, 0.25) is 0 Å². The lowest BCUT2D eigenvalue weighted by atomic mass is 10.1. The molecule has 3 aromatic rings. The third-order valence-electron chi connectivity index (χ3n) is 5.52. The van der Waals surface area contributed by atoms with Crippen LogP contribution in [0.2, 0.25) is 0 Å². The van der Waals surface area contributed by atoms with E-state index in [0.717, 1.165) is 55.0 Å². The van der Waals surface area contributed by atoms with Crippen molar-refractivity contribution in [1.29, 1.82) is 0 Å². The second-order valence-electron chi connectivity index (χ2n) is 7.38. The number of fused-ring (bicyclic) bond motifs is 1. The molecule has 29 heavy (non-hydrogen) atoms. The van der Waals surface area contributed by atoms with Crippen molar-refractivity contribution in [3.8, 4) is 0 Å². The number of carbonyl (C=O) groups excluding carboxylic acids is 1. The standard InChI is InChI=1S/C23H25FN4O/c1-3-27-10-12-28(13-11-27)22-14-16(2)19-15-17(8-9-21(19)26-22)25-23(29)18-6-4-5-7-20(18)24/h4-9,14-15H,3,10-13H2,1-2H3,(H,25,29). The van der Waals surface area contributed by atoms with Crippen LogP contribution in [-0.4, -0.2) is 48.5 Å². The summed E-state index contributed by atoms with van der Waals surface area (Å²) < 4.78 is 13.8. The summed E-state index contributed by atoms with van der Waals surface area (Å²) in [6, 6.07) is 13.7. The van der Waals surface area contributed by atoms with Gasteiger partial charge in [0.1, 0.15) is 11.6 Å². The van der Waals surface area contributed by atoms with E-state index in [-0.39, 0.29) is 5.56 Å². The molecule has 0 radical (unpaired) electrons. The lowest BCUT2D eigenvalue weighted by Gasteiger charge is -2.35. The Balaban J connectivity index is 1.56. The van der Waals surface area contributed by atoms with Crippen molar-refractivity contribution in [2.45, 2.75) is 13.8 Å². The van der Waals surface area contributed by atoms with Crippen molar-refractivity contribution in [1.82, 2.24) is 9.88 Å². The van der Waals surface area contributed by atoms with Crippen molar-refractivity contribution >= 4 is 28.3 Å². The van der Waals surface area contributed by atoms with Crippen LogP contribution in [-0.2, 0) is 0 Å². The van der Waals surface area contributed by atoms with Crippen LogP contribution in [0.25, 0.3) is 10.9 Å². The lowest BCUT2D eigenvalue weighted by Crippen LogP contribution is -2.46. The van der Waals surface area contributed by atoms with Gasteiger partial charge in [-0.15, -0.1) is 0 Å². The number of hydrogen-bond donors (Lipinski definition) is 1. The molecule has 1 aromatic heterocycles. The first-order chi connectivity index (χ1) is 14.0. The minimum absolute atomic E-state index is 0.0315. The molecule has 150 valence electrons. The van der Waals surface area contributed by atoms with E-state index in [1.54, 1.807) is 12.1 Å². The molecule has 2 heterocycles. The molecule has 0 spiro atoms. The fourth-order valence-corrected chi connectivity index (χ4v) is 3.75. The van der Waals surface area contributed by atoms with E-state index in [1.165, 1.54) is 12.1 Å². The molecular weight excluding hydrogens is 367 g/mol. The third kappa shape index (κ3) is 4.07. The number of anilines is 2. The van der Waals surface area contributed by atoms with Crippen molar-refractivity contribution in [3.05, 3.63) is 65.5 Å². The number of rotatable bonds is 4. The minimum Gasteiger partial charge on any atom is -0.354 e. The molecule has 0 bridgehead atoms. The van der Waals surface area contributed by atoms with Crippen molar-refractivity contribution in [2.24, 2.45) is 0 Å². The zero-order valence-corrected chi connectivity index (χ0v) is 16.8. The number of nitrogens with one attached hydrogen (secondary N) is 1. The smallest absolute Gasteiger partial charge is 0.258 e. The molecule has 6 heteroatoms. The highest BCUT2D eigenvalue weighted by Gasteiger charge is 2.18. The Morgan fingerprint density at radius 1 is 1.10 bits per heavy atom. The fourth-order valence-electron chi connectivity index (χ4n) is 3.75. The Kier molecular flexibility index (Phi) is 5.45. The minimum atomic E-state index is -0.531. The van der Waals surface area contributed by atoms with Crippen molar-refractivity contribution in [2.75, 3.05) is 42.9 Å². The first-order valence-corrected chi connectivity index (χ1v) is 9.99. The Bertz CT molecular complexity index is 1040. The molecule has 0 saturated carbocycles. The van der Waals surface area contributed by atoms with Gasteiger partial charge in [-0.2, -0.15) is 0 Å². The summed E-state index contributed by atoms with van der Waals surface area (Å²) in [5, 5.41) is 3.76. The number of aromatic nitrogens is 1. The summed E-state index contributed by atoms with van der Waals surface area (Å²) >= 11 is 0. The number of carbonyl (C=O) groups is 1. The van der Waals surface area contributed by atoms with E-state index >= 15 is 0 Å². The summed E-state index contributed by atoms with van der Waals surface area (Å²) in [4.78, 5) is 22.0. The quantitative estimate of drug-likeness (QED) is 0.727. The monoisotopic (exact) mass is 392 g/mol. The molecule has 5 nitrogen and oxygen atoms in total. The highest BCUT2D eigenvalue weighted by molar-refractivity contribution is 6.05. The molecule has 1 saturated heterocycles. The highest BCUT2D eigenvalue weighted by atomic mass is 19.1. The average Bonchev–Trinajstić information content (AvgIpc) is 2.74. The number of likely N-dealkylation sites (N-methyl/N-ethyl adjacent to an activating group) is 1. The molecule has 0 unspecified atom stereocenters. The second-order valence-corrected chi connectivity index (χ2v) is 7.38. The summed E-state index contributed by atoms with van der Waals surface area (Å²) in [5.74, 6) is 0.00354. The van der Waals surface area contributed by atoms with Gasteiger partial charge in [0.15, 0.2) is 0 Å². The lowest BCUT2D eigenvalue weighted by molar-refractivity contribution is 0.102. The van der Waals surface area contributed by atoms with Gasteiger partial charge in [0.25, 0.3) is 5.91 Å². The first kappa shape index (κ1) is 19.3. The van der Waals surface area contributed by atoms with Gasteiger partial charge < -0.3 is 15.1 Å². The van der Waals surface area contributed by atoms with Crippen LogP contribution in [0.15, 0.2) is 48.5 Å². The van der Waals surface area contributed by atoms with E-state index in [4.69, 9.17) is 4.98 Å². The topological polar surface area (TPSA) is 48.5 Å². The number of hydrogen-bond acceptors (Lipinski definition) is 4. The zero-order chi connectivity index (χ0) is 20.4. The molecule has 1 N–H and O–H groups in total. The SMILES string of the molecule is CCN1CCN(c2cc(C)c3cc(NC(=O)c4ccccc4F)ccc3n2)CC1. The molecule has 1 aliphatic heterocycles. The zero-order valence-electron chi connectivity index (χ0n) is 16.8. The van der Waals surface area contributed by atoms with Crippen LogP contribution < -0.4 is 10.2 Å². The molecule has 4 rings (SSSR count). The predicted octanol–water partition coefficient (Wildman–Crippen LogP) is 4.08. The van der Waals surface area contributed by atoms with E-state index in [0.29, 0.717) is 5.69 Å². The Hall–Kier alpha value is -2.99. The van der Waals surface area contributed by atoms with Gasteiger partial charge in [0, 0.05) is 37.3 Å². The van der Waals surface area contributed by atoms with Gasteiger partial charge in [0.05, 0.1) is 11.1 Å². The number of benzene rings is 2. The molecule has 1 aliphatic rings. The molecule has 0 atom stereocenters. The Morgan fingerprint density at radius 2 is 1.86 bits per heavy atom. The maximum absolute atomic E-state index is 13.8. The number of aryl methyl sites for hydroxylation is 1. The number of piperazine rings is 1. The molecular formula is C23H25FN4O. The maximum atomic E-state index is 13.8. The van der Waals surface area contributed by atoms with Crippen LogP contribution in [0.5, 0.6) is 0 Å². The van der Waals surface area contributed by atoms with E-state index in [1.807, 2.05) is 18.2 Å². The van der Waals surface area contributed by atoms with Crippen LogP contribution in [0.4, 0.5) is 15.9 Å². The van der Waals surface area contributed by atoms with Crippen LogP contribution in [0.1, 0.15) is 22.8 Å². The van der Waals surface area contributed by atoms with E-state index in [9.17, 15) is 9.18 Å². The van der Waals surface area contributed by atoms with Gasteiger partial charge >= 0.3 is 0 Å². The average molecular weight is 392 g/mol. The Labute approximate surface area is 170 Å². The van der Waals surface area contributed by atoms with Crippen molar-refractivity contribution < 1.29 is 9.18 Å². The van der Waals surface area contributed by atoms with Gasteiger partial charge in [-0.05, 0) is 55.4 Å². The number of halogens is 1. The molecule has 0 aliphatic carbocycles. The number of pyridine rings is 1. The summed E-state index contributed by atoms with van der Waals surface area (Å²) in [6.45, 7) is 9.38. The van der Waals surface area contributed by atoms with Crippen LogP contribution in [0, 0.1) is 12.7 Å². The van der Waals surface area contributed by atoms with Crippen LogP contribution in [0.3, 0.4) is 0 Å². The molecule has 2 aromatic carbocycles. The maximum Gasteiger partial charge on any atom is 0.258 e. The van der Waals surface area contributed by atoms with Gasteiger partial charge in [-0.25, -0.2) is 9.37 Å². The largest absolute Gasteiger partial charge is 0.354 e. The summed E-state index contributed by atoms with van der Waals surface area (Å²) in [6.07, 6.45) is 0. The first-order valence-electron chi connectivity index (χ1n) is 9.99. The number of amides is 1. The fraction of sp³-hybridized carbons (Fsp3) is 0.304. The van der Waals surface area contributed by atoms with Gasteiger partial charge in [-0.1, -0.05) is 19.1 Å². The van der Waals surface area contributed by atoms with Crippen LogP contribution >= 0.6 is 0 Å². The Morgan fingerprint density at radius 3 is 2.59 bits per heavy atom. The van der Waals surface area contributed by atoms with Crippen molar-refractivity contribution in [3.63, 3.8) is 0 Å². The highest BCUT2D eigenvalue weighted by Crippen LogP contribution is 2.26. The predicted molar refractivity (Wildman–Crippen MR) is 115 cm³/mol. The third-order valence-corrected chi connectivity index (χ3v) is 5.52. The molecule has 1 amide bonds. The summed E-state index contributed by atoms with van der Waals surface area (Å²) in [7, 11) is 0. The second kappa shape index (κ2) is 8.17.